The number of aliphatic hydroxyl groups excluding tert-OH is 1. The summed E-state index contributed by atoms with van der Waals surface area (Å²) in [6, 6.07) is 6.04. The van der Waals surface area contributed by atoms with Crippen molar-refractivity contribution in [2.45, 2.75) is 50.8 Å². The van der Waals surface area contributed by atoms with Gasteiger partial charge in [-0.1, -0.05) is 15.9 Å². The minimum absolute atomic E-state index is 0.171. The van der Waals surface area contributed by atoms with Gasteiger partial charge in [0.2, 0.25) is 5.91 Å². The largest absolute Gasteiger partial charge is 0.393 e. The van der Waals surface area contributed by atoms with Gasteiger partial charge in [-0.2, -0.15) is 5.26 Å². The molecule has 7 heteroatoms. The number of amides is 1. The molecule has 1 fully saturated rings. The average Bonchev–Trinajstić information content (AvgIpc) is 2.50. The van der Waals surface area contributed by atoms with Crippen molar-refractivity contribution in [1.29, 1.82) is 5.26 Å². The molecule has 0 unspecified atom stereocenters. The Morgan fingerprint density at radius 2 is 2.00 bits per heavy atom. The van der Waals surface area contributed by atoms with Crippen LogP contribution in [0.1, 0.15) is 37.7 Å². The van der Waals surface area contributed by atoms with Crippen LogP contribution in [0.3, 0.4) is 0 Å². The third-order valence-electron chi connectivity index (χ3n) is 3.92. The average molecular weight is 445 g/mol. The van der Waals surface area contributed by atoms with Crippen molar-refractivity contribution in [3.8, 4) is 6.07 Å². The fourth-order valence-corrected chi connectivity index (χ4v) is 4.11. The highest BCUT2D eigenvalue weighted by atomic mass is 79.9. The van der Waals surface area contributed by atoms with Gasteiger partial charge in [-0.05, 0) is 59.3 Å². The molecule has 1 aliphatic rings. The van der Waals surface area contributed by atoms with E-state index in [0.717, 1.165) is 40.2 Å². The summed E-state index contributed by atoms with van der Waals surface area (Å²) in [6.45, 7) is 0.612. The van der Waals surface area contributed by atoms with Crippen molar-refractivity contribution in [3.63, 3.8) is 0 Å². The van der Waals surface area contributed by atoms with Gasteiger partial charge in [0, 0.05) is 21.5 Å². The van der Waals surface area contributed by atoms with E-state index in [0.29, 0.717) is 18.3 Å². The van der Waals surface area contributed by atoms with Gasteiger partial charge in [0.05, 0.1) is 17.9 Å². The molecule has 0 aromatic heterocycles. The third kappa shape index (κ3) is 5.57. The number of halogens is 2. The lowest BCUT2D eigenvalue weighted by Gasteiger charge is -2.26. The smallest absolute Gasteiger partial charge is 0.238 e. The number of rotatable bonds is 5. The Bertz CT molecular complexity index is 608. The van der Waals surface area contributed by atoms with Crippen LogP contribution in [-0.2, 0) is 11.3 Å². The quantitative estimate of drug-likeness (QED) is 0.649. The highest BCUT2D eigenvalue weighted by molar-refractivity contribution is 9.11. The van der Waals surface area contributed by atoms with Crippen LogP contribution in [0.2, 0.25) is 0 Å². The Hall–Kier alpha value is -0.940. The van der Waals surface area contributed by atoms with Crippen LogP contribution in [0.5, 0.6) is 0 Å². The number of carbonyl (C=O) groups is 1. The number of aliphatic hydroxyl groups is 1. The molecule has 2 rings (SSSR count). The van der Waals surface area contributed by atoms with Gasteiger partial charge in [-0.25, -0.2) is 0 Å². The summed E-state index contributed by atoms with van der Waals surface area (Å²) < 4.78 is 1.69. The van der Waals surface area contributed by atoms with E-state index in [1.165, 1.54) is 0 Å². The first-order chi connectivity index (χ1) is 11.0. The predicted molar refractivity (Wildman–Crippen MR) is 95.8 cm³/mol. The lowest BCUT2D eigenvalue weighted by molar-refractivity contribution is -0.115. The lowest BCUT2D eigenvalue weighted by Crippen LogP contribution is -2.34. The van der Waals surface area contributed by atoms with Gasteiger partial charge in [-0.15, -0.1) is 0 Å². The number of benzene rings is 1. The summed E-state index contributed by atoms with van der Waals surface area (Å²) in [4.78, 5) is 11.7. The zero-order chi connectivity index (χ0) is 16.8. The standard InChI is InChI=1S/C16H19Br2N3O2/c17-11-7-10(9-20-12-1-3-13(22)4-2-12)16(14(18)8-11)21-15(23)5-6-19/h7-8,12-13,20,22H,1-5,9H2,(H,21,23). The summed E-state index contributed by atoms with van der Waals surface area (Å²) in [6.07, 6.45) is 3.21. The number of carbonyl (C=O) groups excluding carboxylic acids is 1. The molecule has 0 heterocycles. The molecule has 0 radical (unpaired) electrons. The molecule has 0 atom stereocenters. The Morgan fingerprint density at radius 3 is 2.65 bits per heavy atom. The van der Waals surface area contributed by atoms with Crippen LogP contribution in [0.15, 0.2) is 21.1 Å². The molecule has 0 spiro atoms. The second-order valence-electron chi connectivity index (χ2n) is 5.69. The molecular weight excluding hydrogens is 426 g/mol. The molecule has 23 heavy (non-hydrogen) atoms. The summed E-state index contributed by atoms with van der Waals surface area (Å²) in [5.74, 6) is -0.322. The zero-order valence-corrected chi connectivity index (χ0v) is 15.8. The van der Waals surface area contributed by atoms with Crippen molar-refractivity contribution >= 4 is 43.5 Å². The molecule has 1 aromatic rings. The Labute approximate surface area is 152 Å². The first-order valence-corrected chi connectivity index (χ1v) is 9.14. The Kier molecular flexibility index (Phi) is 7.03. The predicted octanol–water partition coefficient (Wildman–Crippen LogP) is 3.46. The molecule has 0 aliphatic heterocycles. The van der Waals surface area contributed by atoms with Crippen LogP contribution in [0, 0.1) is 11.3 Å². The minimum atomic E-state index is -0.322. The van der Waals surface area contributed by atoms with Gasteiger partial charge in [0.25, 0.3) is 0 Å². The molecular formula is C16H19Br2N3O2. The van der Waals surface area contributed by atoms with Crippen LogP contribution in [0.25, 0.3) is 0 Å². The number of nitrogens with zero attached hydrogens (tertiary/aromatic N) is 1. The third-order valence-corrected chi connectivity index (χ3v) is 5.00. The van der Waals surface area contributed by atoms with Crippen LogP contribution >= 0.6 is 31.9 Å². The molecule has 1 aromatic carbocycles. The molecule has 0 saturated heterocycles. The second-order valence-corrected chi connectivity index (χ2v) is 7.46. The SMILES string of the molecule is N#CCC(=O)Nc1c(Br)cc(Br)cc1CNC1CCC(O)CC1. The zero-order valence-electron chi connectivity index (χ0n) is 12.6. The van der Waals surface area contributed by atoms with Crippen LogP contribution in [0.4, 0.5) is 5.69 Å². The van der Waals surface area contributed by atoms with E-state index in [-0.39, 0.29) is 18.4 Å². The monoisotopic (exact) mass is 443 g/mol. The molecule has 124 valence electrons. The normalized spacial score (nSPS) is 20.8. The first-order valence-electron chi connectivity index (χ1n) is 7.55. The van der Waals surface area contributed by atoms with Crippen molar-refractivity contribution in [2.24, 2.45) is 0 Å². The molecule has 3 N–H and O–H groups in total. The molecule has 1 aliphatic carbocycles. The summed E-state index contributed by atoms with van der Waals surface area (Å²) in [7, 11) is 0. The molecule has 1 amide bonds. The minimum Gasteiger partial charge on any atom is -0.393 e. The van der Waals surface area contributed by atoms with Gasteiger partial charge < -0.3 is 15.7 Å². The number of nitrogens with one attached hydrogen (secondary N) is 2. The molecule has 0 bridgehead atoms. The molecule has 5 nitrogen and oxygen atoms in total. The maximum Gasteiger partial charge on any atom is 0.238 e. The van der Waals surface area contributed by atoms with E-state index in [1.54, 1.807) is 0 Å². The number of anilines is 1. The van der Waals surface area contributed by atoms with E-state index >= 15 is 0 Å². The Balaban J connectivity index is 2.07. The number of hydrogen-bond donors (Lipinski definition) is 3. The van der Waals surface area contributed by atoms with E-state index in [9.17, 15) is 9.90 Å². The summed E-state index contributed by atoms with van der Waals surface area (Å²) in [5, 5.41) is 24.5. The van der Waals surface area contributed by atoms with Crippen LogP contribution < -0.4 is 10.6 Å². The lowest BCUT2D eigenvalue weighted by atomic mass is 9.93. The van der Waals surface area contributed by atoms with E-state index < -0.39 is 0 Å². The Morgan fingerprint density at radius 1 is 1.30 bits per heavy atom. The fourth-order valence-electron chi connectivity index (χ4n) is 2.70. The van der Waals surface area contributed by atoms with Crippen molar-refractivity contribution in [1.82, 2.24) is 5.32 Å². The van der Waals surface area contributed by atoms with Gasteiger partial charge in [-0.3, -0.25) is 4.79 Å². The number of hydrogen-bond acceptors (Lipinski definition) is 4. The van der Waals surface area contributed by atoms with Gasteiger partial charge >= 0.3 is 0 Å². The highest BCUT2D eigenvalue weighted by Crippen LogP contribution is 2.31. The topological polar surface area (TPSA) is 85.2 Å². The summed E-state index contributed by atoms with van der Waals surface area (Å²) >= 11 is 6.93. The molecule has 1 saturated carbocycles. The fraction of sp³-hybridized carbons (Fsp3) is 0.500. The van der Waals surface area contributed by atoms with Crippen molar-refractivity contribution < 1.29 is 9.90 Å². The van der Waals surface area contributed by atoms with E-state index in [2.05, 4.69) is 42.5 Å². The number of nitriles is 1. The maximum absolute atomic E-state index is 11.7. The van der Waals surface area contributed by atoms with E-state index in [1.807, 2.05) is 18.2 Å². The highest BCUT2D eigenvalue weighted by Gasteiger charge is 2.19. The van der Waals surface area contributed by atoms with Gasteiger partial charge in [0.1, 0.15) is 6.42 Å². The van der Waals surface area contributed by atoms with Crippen molar-refractivity contribution in [2.75, 3.05) is 5.32 Å². The van der Waals surface area contributed by atoms with Gasteiger partial charge in [0.15, 0.2) is 0 Å². The first kappa shape index (κ1) is 18.4. The van der Waals surface area contributed by atoms with E-state index in [4.69, 9.17) is 5.26 Å². The maximum atomic E-state index is 11.7. The second kappa shape index (κ2) is 8.78. The van der Waals surface area contributed by atoms with Crippen molar-refractivity contribution in [3.05, 3.63) is 26.6 Å². The summed E-state index contributed by atoms with van der Waals surface area (Å²) in [5.41, 5.74) is 1.64. The van der Waals surface area contributed by atoms with Crippen LogP contribution in [-0.4, -0.2) is 23.2 Å².